The molecule has 0 aliphatic carbocycles. The highest BCUT2D eigenvalue weighted by molar-refractivity contribution is 7.89. The van der Waals surface area contributed by atoms with Gasteiger partial charge in [0.15, 0.2) is 10.8 Å². The molecule has 1 saturated heterocycles. The highest BCUT2D eigenvalue weighted by Gasteiger charge is 2.30. The minimum absolute atomic E-state index is 0.0168. The van der Waals surface area contributed by atoms with Crippen LogP contribution in [-0.4, -0.2) is 37.7 Å². The quantitative estimate of drug-likeness (QED) is 0.818. The molecule has 1 aromatic rings. The summed E-state index contributed by atoms with van der Waals surface area (Å²) in [5.74, 6) is 0.0205. The van der Waals surface area contributed by atoms with Crippen LogP contribution in [0.25, 0.3) is 0 Å². The number of nitrogens with one attached hydrogen (secondary N) is 1. The van der Waals surface area contributed by atoms with Gasteiger partial charge in [-0.3, -0.25) is 0 Å². The molecule has 0 spiro atoms. The van der Waals surface area contributed by atoms with Crippen molar-refractivity contribution in [1.82, 2.24) is 14.3 Å². The van der Waals surface area contributed by atoms with Crippen molar-refractivity contribution in [3.63, 3.8) is 0 Å². The van der Waals surface area contributed by atoms with Crippen LogP contribution < -0.4 is 10.5 Å². The second-order valence-corrected chi connectivity index (χ2v) is 6.98. The van der Waals surface area contributed by atoms with Gasteiger partial charge in [-0.15, -0.1) is 0 Å². The number of anilines is 1. The number of nitrogens with zero attached hydrogens (tertiary/aromatic N) is 2. The Labute approximate surface area is 113 Å². The van der Waals surface area contributed by atoms with E-state index in [2.05, 4.69) is 16.6 Å². The number of hydrogen-bond acceptors (Lipinski definition) is 5. The molecule has 1 aromatic heterocycles. The molecule has 0 radical (unpaired) electrons. The lowest BCUT2D eigenvalue weighted by atomic mass is 9.83. The van der Waals surface area contributed by atoms with E-state index in [4.69, 9.17) is 10.5 Å². The van der Waals surface area contributed by atoms with Crippen LogP contribution in [0.5, 0.6) is 0 Å². The van der Waals surface area contributed by atoms with Crippen LogP contribution in [0.1, 0.15) is 19.8 Å². The Bertz CT molecular complexity index is 527. The van der Waals surface area contributed by atoms with Crippen molar-refractivity contribution in [2.24, 2.45) is 12.5 Å². The Balaban J connectivity index is 2.10. The van der Waals surface area contributed by atoms with Crippen molar-refractivity contribution in [1.29, 1.82) is 0 Å². The van der Waals surface area contributed by atoms with Gasteiger partial charge in [0.2, 0.25) is 0 Å². The molecule has 19 heavy (non-hydrogen) atoms. The van der Waals surface area contributed by atoms with E-state index in [9.17, 15) is 8.42 Å². The normalized spacial score (nSPS) is 19.5. The SMILES string of the molecule is Cn1cnc(N)c1S(=O)(=O)NCC1(C)CCOCC1. The first-order valence-corrected chi connectivity index (χ1v) is 7.67. The van der Waals surface area contributed by atoms with E-state index >= 15 is 0 Å². The Morgan fingerprint density at radius 2 is 2.16 bits per heavy atom. The predicted octanol–water partition coefficient (Wildman–Crippen LogP) is 0.0973. The van der Waals surface area contributed by atoms with Gasteiger partial charge in [-0.1, -0.05) is 6.92 Å². The van der Waals surface area contributed by atoms with Gasteiger partial charge in [0.05, 0.1) is 6.33 Å². The van der Waals surface area contributed by atoms with E-state index in [1.54, 1.807) is 7.05 Å². The molecule has 0 amide bonds. The first-order valence-electron chi connectivity index (χ1n) is 6.18. The fourth-order valence-corrected chi connectivity index (χ4v) is 3.57. The number of nitrogen functional groups attached to an aromatic ring is 1. The molecule has 0 unspecified atom stereocenters. The van der Waals surface area contributed by atoms with E-state index in [0.29, 0.717) is 19.8 Å². The van der Waals surface area contributed by atoms with Crippen molar-refractivity contribution in [3.05, 3.63) is 6.33 Å². The zero-order chi connectivity index (χ0) is 14.1. The second kappa shape index (κ2) is 5.10. The fourth-order valence-electron chi connectivity index (χ4n) is 2.14. The third kappa shape index (κ3) is 3.07. The summed E-state index contributed by atoms with van der Waals surface area (Å²) in [7, 11) is -2.03. The number of imidazole rings is 1. The maximum absolute atomic E-state index is 12.2. The number of rotatable bonds is 4. The van der Waals surface area contributed by atoms with Crippen LogP contribution in [0.3, 0.4) is 0 Å². The van der Waals surface area contributed by atoms with Gasteiger partial charge in [0.1, 0.15) is 0 Å². The van der Waals surface area contributed by atoms with Crippen molar-refractivity contribution >= 4 is 15.8 Å². The van der Waals surface area contributed by atoms with Crippen molar-refractivity contribution in [3.8, 4) is 0 Å². The molecule has 0 aromatic carbocycles. The molecule has 3 N–H and O–H groups in total. The van der Waals surface area contributed by atoms with Crippen LogP contribution in [-0.2, 0) is 21.8 Å². The van der Waals surface area contributed by atoms with Crippen LogP contribution in [0.15, 0.2) is 11.4 Å². The fraction of sp³-hybridized carbons (Fsp3) is 0.727. The summed E-state index contributed by atoms with van der Waals surface area (Å²) in [6, 6.07) is 0. The van der Waals surface area contributed by atoms with Gasteiger partial charge in [-0.05, 0) is 18.3 Å². The molecule has 0 bridgehead atoms. The molecule has 0 atom stereocenters. The maximum Gasteiger partial charge on any atom is 0.260 e. The van der Waals surface area contributed by atoms with Gasteiger partial charge < -0.3 is 15.0 Å². The third-order valence-corrected chi connectivity index (χ3v) is 5.08. The molecule has 108 valence electrons. The lowest BCUT2D eigenvalue weighted by Gasteiger charge is -2.33. The molecular weight excluding hydrogens is 268 g/mol. The molecule has 0 saturated carbocycles. The summed E-state index contributed by atoms with van der Waals surface area (Å²) < 4.78 is 33.8. The van der Waals surface area contributed by atoms with Crippen LogP contribution in [0, 0.1) is 5.41 Å². The van der Waals surface area contributed by atoms with Gasteiger partial charge in [0.25, 0.3) is 10.0 Å². The number of sulfonamides is 1. The minimum Gasteiger partial charge on any atom is -0.381 e. The monoisotopic (exact) mass is 288 g/mol. The highest BCUT2D eigenvalue weighted by atomic mass is 32.2. The Morgan fingerprint density at radius 3 is 2.68 bits per heavy atom. The van der Waals surface area contributed by atoms with Crippen LogP contribution >= 0.6 is 0 Å². The topological polar surface area (TPSA) is 99.2 Å². The third-order valence-electron chi connectivity index (χ3n) is 3.55. The minimum atomic E-state index is -3.63. The Morgan fingerprint density at radius 1 is 1.53 bits per heavy atom. The largest absolute Gasteiger partial charge is 0.381 e. The lowest BCUT2D eigenvalue weighted by molar-refractivity contribution is 0.0264. The number of nitrogens with two attached hydrogens (primary N) is 1. The van der Waals surface area contributed by atoms with Gasteiger partial charge in [-0.2, -0.15) is 0 Å². The average molecular weight is 288 g/mol. The summed E-state index contributed by atoms with van der Waals surface area (Å²) >= 11 is 0. The van der Waals surface area contributed by atoms with Crippen molar-refractivity contribution in [2.45, 2.75) is 24.8 Å². The van der Waals surface area contributed by atoms with E-state index in [-0.39, 0.29) is 16.3 Å². The van der Waals surface area contributed by atoms with Crippen molar-refractivity contribution in [2.75, 3.05) is 25.5 Å². The molecule has 2 heterocycles. The number of hydrogen-bond donors (Lipinski definition) is 2. The number of ether oxygens (including phenoxy) is 1. The van der Waals surface area contributed by atoms with E-state index in [1.165, 1.54) is 10.9 Å². The number of aryl methyl sites for hydroxylation is 1. The van der Waals surface area contributed by atoms with E-state index in [0.717, 1.165) is 12.8 Å². The average Bonchev–Trinajstić information content (AvgIpc) is 2.68. The van der Waals surface area contributed by atoms with Gasteiger partial charge in [-0.25, -0.2) is 18.1 Å². The Hall–Kier alpha value is -1.12. The second-order valence-electron chi connectivity index (χ2n) is 5.29. The summed E-state index contributed by atoms with van der Waals surface area (Å²) in [4.78, 5) is 3.80. The van der Waals surface area contributed by atoms with Gasteiger partial charge in [0, 0.05) is 26.8 Å². The number of aromatic nitrogens is 2. The predicted molar refractivity (Wildman–Crippen MR) is 71.0 cm³/mol. The van der Waals surface area contributed by atoms with Gasteiger partial charge >= 0.3 is 0 Å². The zero-order valence-electron chi connectivity index (χ0n) is 11.2. The van der Waals surface area contributed by atoms with Crippen molar-refractivity contribution < 1.29 is 13.2 Å². The molecule has 2 rings (SSSR count). The zero-order valence-corrected chi connectivity index (χ0v) is 12.0. The molecule has 1 aliphatic heterocycles. The Kier molecular flexibility index (Phi) is 3.84. The summed E-state index contributed by atoms with van der Waals surface area (Å²) in [6.07, 6.45) is 3.08. The molecular formula is C11H20N4O3S. The first-order chi connectivity index (χ1) is 8.84. The summed E-state index contributed by atoms with van der Waals surface area (Å²) in [5.41, 5.74) is 5.53. The van der Waals surface area contributed by atoms with Crippen LogP contribution in [0.2, 0.25) is 0 Å². The van der Waals surface area contributed by atoms with Crippen LogP contribution in [0.4, 0.5) is 5.82 Å². The lowest BCUT2D eigenvalue weighted by Crippen LogP contribution is -2.39. The smallest absolute Gasteiger partial charge is 0.260 e. The van der Waals surface area contributed by atoms with E-state index in [1.807, 2.05) is 0 Å². The molecule has 8 heteroatoms. The summed E-state index contributed by atoms with van der Waals surface area (Å²) in [6.45, 7) is 3.78. The molecule has 1 aliphatic rings. The maximum atomic E-state index is 12.2. The molecule has 1 fully saturated rings. The first kappa shape index (κ1) is 14.3. The summed E-state index contributed by atoms with van der Waals surface area (Å²) in [5, 5.41) is 0.0168. The standard InChI is InChI=1S/C11H20N4O3S/c1-11(3-5-18-6-4-11)7-14-19(16,17)10-9(12)13-8-15(10)2/h8,14H,3-7,12H2,1-2H3. The highest BCUT2D eigenvalue weighted by Crippen LogP contribution is 2.29. The van der Waals surface area contributed by atoms with E-state index < -0.39 is 10.0 Å². The molecule has 7 nitrogen and oxygen atoms in total.